The summed E-state index contributed by atoms with van der Waals surface area (Å²) in [5.41, 5.74) is 1.03. The van der Waals surface area contributed by atoms with Crippen molar-refractivity contribution in [2.45, 2.75) is 6.42 Å². The van der Waals surface area contributed by atoms with E-state index in [4.69, 9.17) is 9.47 Å². The van der Waals surface area contributed by atoms with Gasteiger partial charge in [-0.05, 0) is 12.1 Å². The Balaban J connectivity index is 1.92. The van der Waals surface area contributed by atoms with Crippen LogP contribution in [0.15, 0.2) is 42.7 Å². The third-order valence-electron chi connectivity index (χ3n) is 2.34. The number of benzene rings is 1. The van der Waals surface area contributed by atoms with Crippen LogP contribution in [0, 0.1) is 0 Å². The van der Waals surface area contributed by atoms with Gasteiger partial charge >= 0.3 is 0 Å². The fraction of sp³-hybridized carbons (Fsp3) is 0.308. The highest BCUT2D eigenvalue weighted by molar-refractivity contribution is 5.32. The van der Waals surface area contributed by atoms with E-state index in [-0.39, 0.29) is 0 Å². The first-order valence-corrected chi connectivity index (χ1v) is 5.62. The van der Waals surface area contributed by atoms with Crippen molar-refractivity contribution in [1.82, 2.24) is 9.78 Å². The minimum Gasteiger partial charge on any atom is -0.490 e. The van der Waals surface area contributed by atoms with E-state index < -0.39 is 0 Å². The van der Waals surface area contributed by atoms with Gasteiger partial charge in [0.2, 0.25) is 0 Å². The molecule has 0 aliphatic rings. The average molecular weight is 232 g/mol. The molecule has 0 unspecified atom stereocenters. The van der Waals surface area contributed by atoms with Gasteiger partial charge in [0.25, 0.3) is 0 Å². The van der Waals surface area contributed by atoms with E-state index in [0.717, 1.165) is 17.9 Å². The van der Waals surface area contributed by atoms with Gasteiger partial charge in [0.1, 0.15) is 0 Å². The summed E-state index contributed by atoms with van der Waals surface area (Å²) in [5, 5.41) is 4.25. The molecule has 4 heteroatoms. The van der Waals surface area contributed by atoms with E-state index in [1.807, 2.05) is 36.5 Å². The molecule has 0 fully saturated rings. The number of ether oxygens (including phenoxy) is 2. The van der Waals surface area contributed by atoms with Gasteiger partial charge in [-0.3, -0.25) is 0 Å². The Kier molecular flexibility index (Phi) is 4.16. The van der Waals surface area contributed by atoms with Crippen molar-refractivity contribution < 1.29 is 9.47 Å². The Morgan fingerprint density at radius 1 is 1.18 bits per heavy atom. The predicted octanol–water partition coefficient (Wildman–Crippen LogP) is 2.29. The molecule has 0 saturated carbocycles. The quantitative estimate of drug-likeness (QED) is 0.717. The molecule has 0 aliphatic carbocycles. The molecule has 90 valence electrons. The fourth-order valence-electron chi connectivity index (χ4n) is 1.50. The molecule has 0 radical (unpaired) electrons. The van der Waals surface area contributed by atoms with E-state index in [9.17, 15) is 0 Å². The highest BCUT2D eigenvalue weighted by Gasteiger charge is 2.00. The smallest absolute Gasteiger partial charge is 0.157 e. The first kappa shape index (κ1) is 11.7. The van der Waals surface area contributed by atoms with Crippen LogP contribution in [0.5, 0.6) is 5.75 Å². The van der Waals surface area contributed by atoms with Gasteiger partial charge in [-0.15, -0.1) is 0 Å². The Morgan fingerprint density at radius 2 is 2.00 bits per heavy atom. The summed E-state index contributed by atoms with van der Waals surface area (Å²) in [6, 6.07) is 9.95. The topological polar surface area (TPSA) is 36.3 Å². The van der Waals surface area contributed by atoms with Crippen molar-refractivity contribution in [1.29, 1.82) is 0 Å². The normalized spacial score (nSPS) is 10.4. The summed E-state index contributed by atoms with van der Waals surface area (Å²) in [4.78, 5) is 0. The van der Waals surface area contributed by atoms with Gasteiger partial charge in [-0.25, -0.2) is 4.68 Å². The first-order valence-electron chi connectivity index (χ1n) is 5.62. The minimum atomic E-state index is 0.647. The second kappa shape index (κ2) is 6.06. The van der Waals surface area contributed by atoms with E-state index in [1.54, 1.807) is 18.0 Å². The standard InChI is InChI=1S/C13H16N2O2/c1-16-8-5-9-17-13-10-14-15(11-13)12-6-3-2-4-7-12/h2-4,6-7,10-11H,5,8-9H2,1H3. The molecule has 0 N–H and O–H groups in total. The predicted molar refractivity (Wildman–Crippen MR) is 65.6 cm³/mol. The molecule has 1 aromatic carbocycles. The highest BCUT2D eigenvalue weighted by Crippen LogP contribution is 2.13. The van der Waals surface area contributed by atoms with Crippen LogP contribution in [0.2, 0.25) is 0 Å². The number of rotatable bonds is 6. The average Bonchev–Trinajstić information content (AvgIpc) is 2.85. The minimum absolute atomic E-state index is 0.647. The third-order valence-corrected chi connectivity index (χ3v) is 2.34. The third kappa shape index (κ3) is 3.32. The van der Waals surface area contributed by atoms with E-state index >= 15 is 0 Å². The Hall–Kier alpha value is -1.81. The van der Waals surface area contributed by atoms with Gasteiger partial charge in [0.15, 0.2) is 5.75 Å². The van der Waals surface area contributed by atoms with Crippen molar-refractivity contribution in [3.63, 3.8) is 0 Å². The van der Waals surface area contributed by atoms with Gasteiger partial charge in [0.05, 0.1) is 24.7 Å². The van der Waals surface area contributed by atoms with Crippen molar-refractivity contribution in [3.8, 4) is 11.4 Å². The molecule has 1 aromatic heterocycles. The molecule has 0 amide bonds. The van der Waals surface area contributed by atoms with Crippen molar-refractivity contribution >= 4 is 0 Å². The van der Waals surface area contributed by atoms with Gasteiger partial charge < -0.3 is 9.47 Å². The van der Waals surface area contributed by atoms with E-state index in [0.29, 0.717) is 13.2 Å². The lowest BCUT2D eigenvalue weighted by Gasteiger charge is -2.02. The van der Waals surface area contributed by atoms with E-state index in [2.05, 4.69) is 5.10 Å². The molecule has 2 rings (SSSR count). The van der Waals surface area contributed by atoms with Crippen molar-refractivity contribution in [2.24, 2.45) is 0 Å². The maximum Gasteiger partial charge on any atom is 0.157 e. The molecule has 17 heavy (non-hydrogen) atoms. The van der Waals surface area contributed by atoms with Crippen LogP contribution < -0.4 is 4.74 Å². The highest BCUT2D eigenvalue weighted by atomic mass is 16.5. The molecular weight excluding hydrogens is 216 g/mol. The SMILES string of the molecule is COCCCOc1cnn(-c2ccccc2)c1. The first-order chi connectivity index (χ1) is 8.40. The van der Waals surface area contributed by atoms with Gasteiger partial charge in [-0.2, -0.15) is 5.10 Å². The maximum atomic E-state index is 5.55. The Bertz CT molecular complexity index is 440. The summed E-state index contributed by atoms with van der Waals surface area (Å²) >= 11 is 0. The monoisotopic (exact) mass is 232 g/mol. The zero-order valence-corrected chi connectivity index (χ0v) is 9.87. The zero-order chi connectivity index (χ0) is 11.9. The van der Waals surface area contributed by atoms with Crippen LogP contribution >= 0.6 is 0 Å². The van der Waals surface area contributed by atoms with Crippen LogP contribution in [-0.4, -0.2) is 30.1 Å². The molecule has 0 saturated heterocycles. The lowest BCUT2D eigenvalue weighted by Crippen LogP contribution is -2.00. The number of hydrogen-bond acceptors (Lipinski definition) is 3. The molecule has 2 aromatic rings. The number of nitrogens with zero attached hydrogens (tertiary/aromatic N) is 2. The molecule has 1 heterocycles. The lowest BCUT2D eigenvalue weighted by atomic mass is 10.3. The molecule has 0 spiro atoms. The van der Waals surface area contributed by atoms with Crippen LogP contribution in [0.3, 0.4) is 0 Å². The number of para-hydroxylation sites is 1. The largest absolute Gasteiger partial charge is 0.490 e. The summed E-state index contributed by atoms with van der Waals surface area (Å²) < 4.78 is 12.3. The molecule has 0 bridgehead atoms. The number of methoxy groups -OCH3 is 1. The fourth-order valence-corrected chi connectivity index (χ4v) is 1.50. The molecular formula is C13H16N2O2. The van der Waals surface area contributed by atoms with Gasteiger partial charge in [-0.1, -0.05) is 18.2 Å². The number of aromatic nitrogens is 2. The molecule has 0 aliphatic heterocycles. The van der Waals surface area contributed by atoms with Crippen LogP contribution in [0.4, 0.5) is 0 Å². The van der Waals surface area contributed by atoms with Crippen LogP contribution in [0.1, 0.15) is 6.42 Å². The van der Waals surface area contributed by atoms with Gasteiger partial charge in [0, 0.05) is 20.1 Å². The summed E-state index contributed by atoms with van der Waals surface area (Å²) in [7, 11) is 1.69. The van der Waals surface area contributed by atoms with E-state index in [1.165, 1.54) is 0 Å². The second-order valence-corrected chi connectivity index (χ2v) is 3.65. The zero-order valence-electron chi connectivity index (χ0n) is 9.87. The Morgan fingerprint density at radius 3 is 2.76 bits per heavy atom. The summed E-state index contributed by atoms with van der Waals surface area (Å²) in [6.07, 6.45) is 4.48. The van der Waals surface area contributed by atoms with Crippen molar-refractivity contribution in [2.75, 3.05) is 20.3 Å². The lowest BCUT2D eigenvalue weighted by molar-refractivity contribution is 0.172. The summed E-state index contributed by atoms with van der Waals surface area (Å²) in [6.45, 7) is 1.36. The maximum absolute atomic E-state index is 5.55. The van der Waals surface area contributed by atoms with Crippen LogP contribution in [0.25, 0.3) is 5.69 Å². The van der Waals surface area contributed by atoms with Crippen molar-refractivity contribution in [3.05, 3.63) is 42.7 Å². The van der Waals surface area contributed by atoms with Crippen LogP contribution in [-0.2, 0) is 4.74 Å². The molecule has 4 nitrogen and oxygen atoms in total. The Labute approximate surface area is 101 Å². The summed E-state index contributed by atoms with van der Waals surface area (Å²) in [5.74, 6) is 0.782. The molecule has 0 atom stereocenters. The second-order valence-electron chi connectivity index (χ2n) is 3.65. The number of hydrogen-bond donors (Lipinski definition) is 0.